The summed E-state index contributed by atoms with van der Waals surface area (Å²) in [5.74, 6) is -1.21. The summed E-state index contributed by atoms with van der Waals surface area (Å²) in [5.41, 5.74) is 4.23. The number of aliphatic hydroxyl groups is 1. The second kappa shape index (κ2) is 13.2. The minimum Gasteiger partial charge on any atom is -0.394 e. The molecule has 9 rings (SSSR count). The molecule has 280 valence electrons. The zero-order valence-corrected chi connectivity index (χ0v) is 33.4. The van der Waals surface area contributed by atoms with Gasteiger partial charge in [-0.1, -0.05) is 83.5 Å². The van der Waals surface area contributed by atoms with Gasteiger partial charge in [0.25, 0.3) is 11.8 Å². The first-order chi connectivity index (χ1) is 26.4. The second-order valence-corrected chi connectivity index (χ2v) is 20.6. The van der Waals surface area contributed by atoms with E-state index in [1.54, 1.807) is 27.8 Å². The SMILES string of the molecule is C[C@H]1[C@H]([Si](C)(C)F)[C@@H](CC(=O)N2Cc3ccccc3C[C@H]2CO)O[C@]12C(=O)N(Cc1cccc(N3C(=O)c4cccc5cccc3c45)c1)c1ccc(Br)cc12. The fraction of sp³-hybridized carbons (Fsp3) is 0.295. The molecule has 1 spiro atoms. The summed E-state index contributed by atoms with van der Waals surface area (Å²) in [6.45, 7) is 5.49. The lowest BCUT2D eigenvalue weighted by Crippen LogP contribution is -2.48. The van der Waals surface area contributed by atoms with Gasteiger partial charge in [0.1, 0.15) is 0 Å². The lowest BCUT2D eigenvalue weighted by molar-refractivity contribution is -0.151. The maximum Gasteiger partial charge on any atom is 0.264 e. The molecule has 11 heteroatoms. The number of benzene rings is 5. The van der Waals surface area contributed by atoms with Crippen LogP contribution in [0, 0.1) is 5.92 Å². The smallest absolute Gasteiger partial charge is 0.264 e. The van der Waals surface area contributed by atoms with Gasteiger partial charge < -0.3 is 23.8 Å². The van der Waals surface area contributed by atoms with Gasteiger partial charge in [-0.15, -0.1) is 0 Å². The van der Waals surface area contributed by atoms with Crippen LogP contribution in [0.15, 0.2) is 108 Å². The molecule has 1 N–H and O–H groups in total. The highest BCUT2D eigenvalue weighted by molar-refractivity contribution is 9.10. The highest BCUT2D eigenvalue weighted by atomic mass is 79.9. The Kier molecular flexibility index (Phi) is 8.65. The van der Waals surface area contributed by atoms with E-state index >= 15 is 8.90 Å². The Labute approximate surface area is 328 Å². The maximum absolute atomic E-state index is 16.6. The molecule has 55 heavy (non-hydrogen) atoms. The Morgan fingerprint density at radius 1 is 0.945 bits per heavy atom. The normalized spacial score (nSPS) is 24.3. The van der Waals surface area contributed by atoms with Gasteiger partial charge in [-0.25, -0.2) is 0 Å². The van der Waals surface area contributed by atoms with Crippen LogP contribution in [-0.2, 0) is 39.4 Å². The van der Waals surface area contributed by atoms with Gasteiger partial charge in [0.15, 0.2) is 5.60 Å². The van der Waals surface area contributed by atoms with Crippen molar-refractivity contribution in [2.24, 2.45) is 5.92 Å². The van der Waals surface area contributed by atoms with Crippen molar-refractivity contribution in [3.05, 3.63) is 135 Å². The number of aliphatic hydroxyl groups excluding tert-OH is 1. The molecule has 4 heterocycles. The fourth-order valence-electron chi connectivity index (χ4n) is 9.86. The topological polar surface area (TPSA) is 90.4 Å². The summed E-state index contributed by atoms with van der Waals surface area (Å²) in [7, 11) is -3.54. The molecule has 1 fully saturated rings. The first-order valence-corrected chi connectivity index (χ1v) is 22.6. The van der Waals surface area contributed by atoms with E-state index in [9.17, 15) is 14.7 Å². The van der Waals surface area contributed by atoms with Crippen LogP contribution in [0.1, 0.15) is 46.0 Å². The van der Waals surface area contributed by atoms with Gasteiger partial charge in [0.2, 0.25) is 14.3 Å². The zero-order valence-electron chi connectivity index (χ0n) is 30.8. The van der Waals surface area contributed by atoms with E-state index in [0.717, 1.165) is 37.6 Å². The standard InChI is InChI=1S/C44H41BrFN3O5Si/c1-26-41(55(2,3)46)38(22-39(51)47-24-30-11-5-4-10-29(30)20-33(47)25-50)54-44(26)35-21-31(45)17-18-36(35)48(43(44)53)23-27-9-6-14-32(19-27)49-37-16-8-13-28-12-7-15-34(40(28)37)42(49)52/h4-19,21,26,33,38,41,50H,20,22-25H2,1-3H3/t26-,33-,38+,41-,44+/m0/s1. The molecule has 5 atom stereocenters. The van der Waals surface area contributed by atoms with Crippen molar-refractivity contribution >= 4 is 69.9 Å². The third-order valence-electron chi connectivity index (χ3n) is 12.3. The van der Waals surface area contributed by atoms with Gasteiger partial charge in [0, 0.05) is 39.1 Å². The maximum atomic E-state index is 16.6. The molecule has 0 aromatic heterocycles. The Balaban J connectivity index is 1.04. The van der Waals surface area contributed by atoms with Crippen molar-refractivity contribution in [2.75, 3.05) is 16.4 Å². The van der Waals surface area contributed by atoms with E-state index < -0.39 is 37.6 Å². The predicted octanol–water partition coefficient (Wildman–Crippen LogP) is 8.55. The third kappa shape index (κ3) is 5.61. The number of rotatable bonds is 7. The van der Waals surface area contributed by atoms with Crippen LogP contribution in [0.5, 0.6) is 0 Å². The molecule has 0 radical (unpaired) electrons. The number of amides is 3. The van der Waals surface area contributed by atoms with Gasteiger partial charge in [-0.3, -0.25) is 19.3 Å². The number of fused-ring (bicyclic) bond motifs is 3. The predicted molar refractivity (Wildman–Crippen MR) is 216 cm³/mol. The molecule has 3 amide bonds. The van der Waals surface area contributed by atoms with Crippen molar-refractivity contribution in [1.29, 1.82) is 0 Å². The van der Waals surface area contributed by atoms with Crippen molar-refractivity contribution in [1.82, 2.24) is 4.90 Å². The fourth-order valence-corrected chi connectivity index (χ4v) is 12.7. The van der Waals surface area contributed by atoms with Gasteiger partial charge >= 0.3 is 0 Å². The average molecular weight is 819 g/mol. The van der Waals surface area contributed by atoms with Crippen LogP contribution in [0.2, 0.25) is 18.6 Å². The molecule has 0 aliphatic carbocycles. The molecule has 0 unspecified atom stereocenters. The molecule has 5 aromatic carbocycles. The summed E-state index contributed by atoms with van der Waals surface area (Å²) in [5, 5.41) is 12.2. The number of hydrogen-bond donors (Lipinski definition) is 1. The van der Waals surface area contributed by atoms with Crippen LogP contribution >= 0.6 is 15.9 Å². The summed E-state index contributed by atoms with van der Waals surface area (Å²) in [6.07, 6.45) is -0.426. The van der Waals surface area contributed by atoms with E-state index in [4.69, 9.17) is 4.74 Å². The van der Waals surface area contributed by atoms with Gasteiger partial charge in [-0.2, -0.15) is 0 Å². The molecule has 5 aromatic rings. The first-order valence-electron chi connectivity index (χ1n) is 18.8. The average Bonchev–Trinajstić information content (AvgIpc) is 3.72. The molecular weight excluding hydrogens is 777 g/mol. The quantitative estimate of drug-likeness (QED) is 0.131. The molecule has 4 aliphatic heterocycles. The van der Waals surface area contributed by atoms with Crippen molar-refractivity contribution in [3.8, 4) is 0 Å². The molecule has 0 bridgehead atoms. The number of hydrogen-bond acceptors (Lipinski definition) is 5. The number of carbonyl (C=O) groups excluding carboxylic acids is 3. The molecule has 4 aliphatic rings. The Morgan fingerprint density at radius 2 is 1.69 bits per heavy atom. The van der Waals surface area contributed by atoms with Crippen molar-refractivity contribution < 1.29 is 28.3 Å². The summed E-state index contributed by atoms with van der Waals surface area (Å²) in [6, 6.07) is 32.5. The number of halogens is 2. The summed E-state index contributed by atoms with van der Waals surface area (Å²) in [4.78, 5) is 48.2. The Hall–Kier alpha value is -4.68. The largest absolute Gasteiger partial charge is 0.394 e. The number of ether oxygens (including phenoxy) is 1. The number of anilines is 3. The number of nitrogens with zero attached hydrogens (tertiary/aromatic N) is 3. The second-order valence-electron chi connectivity index (χ2n) is 15.8. The lowest BCUT2D eigenvalue weighted by Gasteiger charge is -2.37. The number of carbonyl (C=O) groups is 3. The van der Waals surface area contributed by atoms with E-state index in [1.165, 1.54) is 0 Å². The Morgan fingerprint density at radius 3 is 2.45 bits per heavy atom. The van der Waals surface area contributed by atoms with Crippen molar-refractivity contribution in [2.45, 2.75) is 69.2 Å². The highest BCUT2D eigenvalue weighted by Gasteiger charge is 2.67. The molecule has 1 saturated heterocycles. The Bertz CT molecular complexity index is 2410. The van der Waals surface area contributed by atoms with E-state index in [-0.39, 0.29) is 37.3 Å². The summed E-state index contributed by atoms with van der Waals surface area (Å²) >= 11 is 3.62. The summed E-state index contributed by atoms with van der Waals surface area (Å²) < 4.78 is 24.3. The molecule has 8 nitrogen and oxygen atoms in total. The van der Waals surface area contributed by atoms with Crippen LogP contribution in [0.4, 0.5) is 21.2 Å². The van der Waals surface area contributed by atoms with Crippen molar-refractivity contribution in [3.63, 3.8) is 0 Å². The highest BCUT2D eigenvalue weighted by Crippen LogP contribution is 2.61. The van der Waals surface area contributed by atoms with E-state index in [2.05, 4.69) is 15.9 Å². The van der Waals surface area contributed by atoms with Crippen LogP contribution in [0.3, 0.4) is 0 Å². The minimum absolute atomic E-state index is 0.104. The van der Waals surface area contributed by atoms with Crippen LogP contribution in [0.25, 0.3) is 10.8 Å². The monoisotopic (exact) mass is 817 g/mol. The molecule has 0 saturated carbocycles. The zero-order chi connectivity index (χ0) is 38.4. The van der Waals surface area contributed by atoms with Crippen LogP contribution in [-0.4, -0.2) is 54.9 Å². The van der Waals surface area contributed by atoms with Gasteiger partial charge in [-0.05, 0) is 84.1 Å². The van der Waals surface area contributed by atoms with Gasteiger partial charge in [0.05, 0.1) is 48.7 Å². The van der Waals surface area contributed by atoms with E-state index in [1.807, 2.05) is 110 Å². The van der Waals surface area contributed by atoms with Crippen LogP contribution < -0.4 is 9.80 Å². The van der Waals surface area contributed by atoms with E-state index in [0.29, 0.717) is 35.5 Å². The molecular formula is C44H41BrFN3O5Si. The lowest BCUT2D eigenvalue weighted by atomic mass is 9.82. The third-order valence-corrected chi connectivity index (χ3v) is 15.2. The minimum atomic E-state index is -3.54. The first kappa shape index (κ1) is 36.0.